The Morgan fingerprint density at radius 2 is 1.71 bits per heavy atom. The van der Waals surface area contributed by atoms with Crippen LogP contribution in [0.4, 0.5) is 0 Å². The normalized spacial score (nSPS) is 27.4. The van der Waals surface area contributed by atoms with Gasteiger partial charge in [-0.05, 0) is 12.8 Å². The van der Waals surface area contributed by atoms with E-state index in [4.69, 9.17) is 5.73 Å². The molecule has 0 spiro atoms. The smallest absolute Gasteiger partial charge is 0.117 e. The maximum atomic E-state index is 6.44. The summed E-state index contributed by atoms with van der Waals surface area (Å²) < 4.78 is 0. The predicted molar refractivity (Wildman–Crippen MR) is 59.5 cm³/mol. The number of aliphatic imine (C=N–C) groups is 1. The van der Waals surface area contributed by atoms with Crippen LogP contribution in [0.15, 0.2) is 4.99 Å². The van der Waals surface area contributed by atoms with Crippen LogP contribution in [0.1, 0.15) is 44.9 Å². The minimum Gasteiger partial charge on any atom is -0.370 e. The highest BCUT2D eigenvalue weighted by Gasteiger charge is 2.32. The van der Waals surface area contributed by atoms with Crippen molar-refractivity contribution in [3.63, 3.8) is 0 Å². The topological polar surface area (TPSA) is 50.4 Å². The van der Waals surface area contributed by atoms with Gasteiger partial charge in [-0.3, -0.25) is 4.99 Å². The highest BCUT2D eigenvalue weighted by atomic mass is 15.1. The van der Waals surface area contributed by atoms with Crippen molar-refractivity contribution in [2.24, 2.45) is 10.7 Å². The lowest BCUT2D eigenvalue weighted by atomic mass is 9.84. The maximum Gasteiger partial charge on any atom is 0.117 e. The van der Waals surface area contributed by atoms with Crippen LogP contribution in [0.5, 0.6) is 0 Å². The van der Waals surface area contributed by atoms with Crippen LogP contribution in [0, 0.1) is 0 Å². The average molecular weight is 195 g/mol. The van der Waals surface area contributed by atoms with Gasteiger partial charge in [0, 0.05) is 6.54 Å². The molecule has 0 saturated heterocycles. The van der Waals surface area contributed by atoms with Gasteiger partial charge in [-0.15, -0.1) is 0 Å². The lowest BCUT2D eigenvalue weighted by molar-refractivity contribution is 0.394. The highest BCUT2D eigenvalue weighted by Crippen LogP contribution is 2.25. The summed E-state index contributed by atoms with van der Waals surface area (Å²) in [7, 11) is 0. The van der Waals surface area contributed by atoms with Gasteiger partial charge in [0.1, 0.15) is 5.84 Å². The number of rotatable bonds is 1. The third kappa shape index (κ3) is 2.08. The van der Waals surface area contributed by atoms with Crippen LogP contribution in [-0.4, -0.2) is 24.5 Å². The van der Waals surface area contributed by atoms with Crippen molar-refractivity contribution in [1.29, 1.82) is 0 Å². The largest absolute Gasteiger partial charge is 0.370 e. The lowest BCUT2D eigenvalue weighted by Crippen LogP contribution is -2.52. The Bertz CT molecular complexity index is 215. The van der Waals surface area contributed by atoms with E-state index in [9.17, 15) is 0 Å². The van der Waals surface area contributed by atoms with Crippen molar-refractivity contribution in [2.45, 2.75) is 50.5 Å². The zero-order valence-electron chi connectivity index (χ0n) is 8.89. The van der Waals surface area contributed by atoms with E-state index in [0.717, 1.165) is 31.8 Å². The Hall–Kier alpha value is -0.570. The molecule has 1 aliphatic carbocycles. The van der Waals surface area contributed by atoms with Crippen LogP contribution in [0.2, 0.25) is 0 Å². The molecule has 3 heteroatoms. The summed E-state index contributed by atoms with van der Waals surface area (Å²) in [6, 6.07) is 0. The standard InChI is InChI=1S/C11H21N3/c12-11(10-13-8-9-14-10)6-4-2-1-3-5-7-11/h1-9,12H2,(H,13,14). The van der Waals surface area contributed by atoms with Gasteiger partial charge in [0.25, 0.3) is 0 Å². The van der Waals surface area contributed by atoms with Crippen LogP contribution in [0.25, 0.3) is 0 Å². The first-order chi connectivity index (χ1) is 6.81. The summed E-state index contributed by atoms with van der Waals surface area (Å²) >= 11 is 0. The maximum absolute atomic E-state index is 6.44. The molecule has 3 N–H and O–H groups in total. The number of nitrogens with zero attached hydrogens (tertiary/aromatic N) is 1. The van der Waals surface area contributed by atoms with Crippen LogP contribution in [0.3, 0.4) is 0 Å². The molecule has 1 aliphatic heterocycles. The van der Waals surface area contributed by atoms with Gasteiger partial charge in [-0.25, -0.2) is 0 Å². The number of nitrogens with one attached hydrogen (secondary N) is 1. The Labute approximate surface area is 86.2 Å². The summed E-state index contributed by atoms with van der Waals surface area (Å²) in [4.78, 5) is 4.48. The minimum absolute atomic E-state index is 0.128. The molecule has 0 aromatic heterocycles. The first-order valence-corrected chi connectivity index (χ1v) is 5.89. The van der Waals surface area contributed by atoms with E-state index in [1.54, 1.807) is 0 Å². The molecule has 0 aromatic carbocycles. The first kappa shape index (κ1) is 9.97. The fourth-order valence-electron chi connectivity index (χ4n) is 2.50. The molecule has 2 rings (SSSR count). The molecule has 3 nitrogen and oxygen atoms in total. The summed E-state index contributed by atoms with van der Waals surface area (Å²) in [5, 5.41) is 3.34. The van der Waals surface area contributed by atoms with Crippen LogP contribution in [-0.2, 0) is 0 Å². The van der Waals surface area contributed by atoms with E-state index in [0.29, 0.717) is 0 Å². The number of hydrogen-bond donors (Lipinski definition) is 2. The molecule has 1 saturated carbocycles. The molecule has 1 fully saturated rings. The van der Waals surface area contributed by atoms with Gasteiger partial charge >= 0.3 is 0 Å². The van der Waals surface area contributed by atoms with E-state index in [1.165, 1.54) is 32.1 Å². The molecule has 2 aliphatic rings. The van der Waals surface area contributed by atoms with Crippen molar-refractivity contribution >= 4 is 5.84 Å². The monoisotopic (exact) mass is 195 g/mol. The molecule has 0 atom stereocenters. The Morgan fingerprint density at radius 1 is 1.07 bits per heavy atom. The Balaban J connectivity index is 2.02. The van der Waals surface area contributed by atoms with Crippen molar-refractivity contribution in [3.05, 3.63) is 0 Å². The number of nitrogens with two attached hydrogens (primary N) is 1. The van der Waals surface area contributed by atoms with E-state index >= 15 is 0 Å². The fraction of sp³-hybridized carbons (Fsp3) is 0.909. The molecule has 1 heterocycles. The molecule has 0 unspecified atom stereocenters. The van der Waals surface area contributed by atoms with Crippen molar-refractivity contribution in [1.82, 2.24) is 5.32 Å². The molecular formula is C11H21N3. The Kier molecular flexibility index (Phi) is 3.06. The number of amidine groups is 1. The lowest BCUT2D eigenvalue weighted by Gasteiger charge is -2.31. The second-order valence-corrected chi connectivity index (χ2v) is 4.58. The number of hydrogen-bond acceptors (Lipinski definition) is 3. The van der Waals surface area contributed by atoms with E-state index in [-0.39, 0.29) is 5.54 Å². The van der Waals surface area contributed by atoms with Gasteiger partial charge < -0.3 is 11.1 Å². The van der Waals surface area contributed by atoms with Crippen LogP contribution < -0.4 is 11.1 Å². The molecule has 0 radical (unpaired) electrons. The fourth-order valence-corrected chi connectivity index (χ4v) is 2.50. The van der Waals surface area contributed by atoms with Gasteiger partial charge in [-0.2, -0.15) is 0 Å². The summed E-state index contributed by atoms with van der Waals surface area (Å²) in [5.41, 5.74) is 6.31. The van der Waals surface area contributed by atoms with E-state index in [1.807, 2.05) is 0 Å². The molecule has 0 amide bonds. The Morgan fingerprint density at radius 3 is 2.29 bits per heavy atom. The zero-order valence-corrected chi connectivity index (χ0v) is 8.89. The van der Waals surface area contributed by atoms with Gasteiger partial charge in [0.15, 0.2) is 0 Å². The second-order valence-electron chi connectivity index (χ2n) is 4.58. The summed E-state index contributed by atoms with van der Waals surface area (Å²) in [6.45, 7) is 1.89. The zero-order chi connectivity index (χ0) is 9.86. The van der Waals surface area contributed by atoms with Crippen LogP contribution >= 0.6 is 0 Å². The molecule has 14 heavy (non-hydrogen) atoms. The van der Waals surface area contributed by atoms with E-state index in [2.05, 4.69) is 10.3 Å². The average Bonchev–Trinajstić information content (AvgIpc) is 2.65. The second kappa shape index (κ2) is 4.30. The van der Waals surface area contributed by atoms with Gasteiger partial charge in [0.2, 0.25) is 0 Å². The third-order valence-corrected chi connectivity index (χ3v) is 3.39. The van der Waals surface area contributed by atoms with Crippen molar-refractivity contribution in [2.75, 3.05) is 13.1 Å². The van der Waals surface area contributed by atoms with Crippen molar-refractivity contribution < 1.29 is 0 Å². The SMILES string of the molecule is NC1(C2=NCCN2)CCCCCCC1. The molecule has 80 valence electrons. The quantitative estimate of drug-likeness (QED) is 0.665. The van der Waals surface area contributed by atoms with E-state index < -0.39 is 0 Å². The highest BCUT2D eigenvalue weighted by molar-refractivity contribution is 5.92. The first-order valence-electron chi connectivity index (χ1n) is 5.89. The van der Waals surface area contributed by atoms with Gasteiger partial charge in [0.05, 0.1) is 12.1 Å². The third-order valence-electron chi connectivity index (χ3n) is 3.39. The summed E-state index contributed by atoms with van der Waals surface area (Å²) in [6.07, 6.45) is 8.81. The minimum atomic E-state index is -0.128. The molecule has 0 bridgehead atoms. The molecule has 0 aromatic rings. The summed E-state index contributed by atoms with van der Waals surface area (Å²) in [5.74, 6) is 1.08. The predicted octanol–water partition coefficient (Wildman–Crippen LogP) is 1.43. The van der Waals surface area contributed by atoms with Crippen molar-refractivity contribution in [3.8, 4) is 0 Å². The molecular weight excluding hydrogens is 174 g/mol. The van der Waals surface area contributed by atoms with Gasteiger partial charge in [-0.1, -0.05) is 32.1 Å².